The lowest BCUT2D eigenvalue weighted by molar-refractivity contribution is -0.385. The summed E-state index contributed by atoms with van der Waals surface area (Å²) in [6.45, 7) is 0.252. The van der Waals surface area contributed by atoms with Gasteiger partial charge in [-0.15, -0.1) is 0 Å². The zero-order valence-electron chi connectivity index (χ0n) is 9.81. The van der Waals surface area contributed by atoms with Gasteiger partial charge in [0.2, 0.25) is 0 Å². The molecule has 0 atom stereocenters. The maximum atomic E-state index is 12.2. The summed E-state index contributed by atoms with van der Waals surface area (Å²) in [7, 11) is 0. The number of carbonyl (C=O) groups is 1. The lowest BCUT2D eigenvalue weighted by Gasteiger charge is -2.33. The zero-order valence-corrected chi connectivity index (χ0v) is 9.81. The predicted molar refractivity (Wildman–Crippen MR) is 67.8 cm³/mol. The van der Waals surface area contributed by atoms with Crippen LogP contribution in [0, 0.1) is 10.1 Å². The number of hydrogen-bond donors (Lipinski definition) is 0. The molecule has 2 heterocycles. The number of rotatable bonds is 2. The second-order valence-corrected chi connectivity index (χ2v) is 4.14. The Kier molecular flexibility index (Phi) is 2.49. The van der Waals surface area contributed by atoms with Crippen LogP contribution in [0.5, 0.6) is 0 Å². The molecule has 6 nitrogen and oxygen atoms in total. The van der Waals surface area contributed by atoms with Gasteiger partial charge in [0.1, 0.15) is 5.69 Å². The van der Waals surface area contributed by atoms with Crippen LogP contribution in [0.1, 0.15) is 16.1 Å². The molecule has 6 heteroatoms. The van der Waals surface area contributed by atoms with E-state index in [9.17, 15) is 14.9 Å². The van der Waals surface area contributed by atoms with E-state index in [2.05, 4.69) is 4.98 Å². The standard InChI is InChI=1S/C13H9N3O3/c17-13(10-4-1-2-7-14-10)15-8-9-11(15)5-3-6-12(9)16(18)19/h1-7H,8H2. The summed E-state index contributed by atoms with van der Waals surface area (Å²) < 4.78 is 0. The number of anilines is 1. The van der Waals surface area contributed by atoms with E-state index in [1.807, 2.05) is 0 Å². The smallest absolute Gasteiger partial charge is 0.277 e. The van der Waals surface area contributed by atoms with E-state index in [4.69, 9.17) is 0 Å². The summed E-state index contributed by atoms with van der Waals surface area (Å²) in [6.07, 6.45) is 1.54. The fraction of sp³-hybridized carbons (Fsp3) is 0.0769. The lowest BCUT2D eigenvalue weighted by atomic mass is 10.0. The average Bonchev–Trinajstić information content (AvgIpc) is 2.40. The molecule has 3 rings (SSSR count). The highest BCUT2D eigenvalue weighted by molar-refractivity contribution is 6.07. The minimum atomic E-state index is -0.429. The van der Waals surface area contributed by atoms with Gasteiger partial charge in [-0.1, -0.05) is 12.1 Å². The van der Waals surface area contributed by atoms with Gasteiger partial charge in [0, 0.05) is 12.3 Å². The molecule has 0 radical (unpaired) electrons. The van der Waals surface area contributed by atoms with E-state index in [-0.39, 0.29) is 18.1 Å². The Bertz CT molecular complexity index is 670. The second kappa shape index (κ2) is 4.16. The summed E-state index contributed by atoms with van der Waals surface area (Å²) in [6, 6.07) is 9.81. The van der Waals surface area contributed by atoms with E-state index in [0.29, 0.717) is 16.9 Å². The van der Waals surface area contributed by atoms with Crippen molar-refractivity contribution in [1.29, 1.82) is 0 Å². The third-order valence-corrected chi connectivity index (χ3v) is 3.06. The van der Waals surface area contributed by atoms with Crippen LogP contribution in [-0.2, 0) is 6.54 Å². The Balaban J connectivity index is 1.94. The van der Waals surface area contributed by atoms with Gasteiger partial charge in [0.25, 0.3) is 11.6 Å². The fourth-order valence-corrected chi connectivity index (χ4v) is 2.11. The molecule has 0 saturated heterocycles. The third kappa shape index (κ3) is 1.74. The van der Waals surface area contributed by atoms with Gasteiger partial charge >= 0.3 is 0 Å². The predicted octanol–water partition coefficient (Wildman–Crippen LogP) is 2.15. The first-order valence-electron chi connectivity index (χ1n) is 5.67. The van der Waals surface area contributed by atoms with Gasteiger partial charge in [-0.25, -0.2) is 0 Å². The van der Waals surface area contributed by atoms with Crippen LogP contribution < -0.4 is 4.90 Å². The van der Waals surface area contributed by atoms with Crippen molar-refractivity contribution >= 4 is 17.3 Å². The number of nitro benzene ring substituents is 1. The molecule has 0 bridgehead atoms. The summed E-state index contributed by atoms with van der Waals surface area (Å²) >= 11 is 0. The topological polar surface area (TPSA) is 76.3 Å². The van der Waals surface area contributed by atoms with Crippen LogP contribution in [0.4, 0.5) is 11.4 Å². The average molecular weight is 255 g/mol. The molecular formula is C13H9N3O3. The molecule has 1 aromatic heterocycles. The molecule has 1 aromatic carbocycles. The highest BCUT2D eigenvalue weighted by Gasteiger charge is 2.35. The Labute approximate surface area is 108 Å². The summed E-state index contributed by atoms with van der Waals surface area (Å²) in [5.74, 6) is -0.242. The Morgan fingerprint density at radius 1 is 1.26 bits per heavy atom. The molecule has 1 aliphatic heterocycles. The van der Waals surface area contributed by atoms with E-state index in [0.717, 1.165) is 0 Å². The number of pyridine rings is 1. The first-order valence-corrected chi connectivity index (χ1v) is 5.67. The summed E-state index contributed by atoms with van der Waals surface area (Å²) in [5.41, 5.74) is 1.57. The lowest BCUT2D eigenvalue weighted by Crippen LogP contribution is -2.39. The number of hydrogen-bond acceptors (Lipinski definition) is 4. The van der Waals surface area contributed by atoms with Crippen molar-refractivity contribution in [3.8, 4) is 0 Å². The van der Waals surface area contributed by atoms with E-state index < -0.39 is 4.92 Å². The highest BCUT2D eigenvalue weighted by atomic mass is 16.6. The van der Waals surface area contributed by atoms with Crippen LogP contribution in [-0.4, -0.2) is 15.8 Å². The first kappa shape index (κ1) is 11.3. The fourth-order valence-electron chi connectivity index (χ4n) is 2.11. The number of nitro groups is 1. The number of benzene rings is 1. The number of fused-ring (bicyclic) bond motifs is 1. The minimum Gasteiger partial charge on any atom is -0.302 e. The molecule has 19 heavy (non-hydrogen) atoms. The Morgan fingerprint density at radius 2 is 2.11 bits per heavy atom. The van der Waals surface area contributed by atoms with Gasteiger partial charge in [-0.2, -0.15) is 0 Å². The zero-order chi connectivity index (χ0) is 13.4. The molecule has 0 saturated carbocycles. The molecule has 0 spiro atoms. The number of nitrogens with zero attached hydrogens (tertiary/aromatic N) is 3. The number of aromatic nitrogens is 1. The number of carbonyl (C=O) groups excluding carboxylic acids is 1. The van der Waals surface area contributed by atoms with E-state index in [1.54, 1.807) is 36.5 Å². The molecule has 0 fully saturated rings. The van der Waals surface area contributed by atoms with Gasteiger partial charge < -0.3 is 4.90 Å². The van der Waals surface area contributed by atoms with Crippen molar-refractivity contribution in [2.24, 2.45) is 0 Å². The highest BCUT2D eigenvalue weighted by Crippen LogP contribution is 2.39. The van der Waals surface area contributed by atoms with Gasteiger partial charge in [-0.3, -0.25) is 19.9 Å². The van der Waals surface area contributed by atoms with Crippen LogP contribution >= 0.6 is 0 Å². The third-order valence-electron chi connectivity index (χ3n) is 3.06. The van der Waals surface area contributed by atoms with Crippen molar-refractivity contribution in [1.82, 2.24) is 4.98 Å². The van der Waals surface area contributed by atoms with Crippen molar-refractivity contribution < 1.29 is 9.72 Å². The largest absolute Gasteiger partial charge is 0.302 e. The minimum absolute atomic E-state index is 0.0579. The quantitative estimate of drug-likeness (QED) is 0.608. The van der Waals surface area contributed by atoms with Crippen molar-refractivity contribution in [2.45, 2.75) is 6.54 Å². The van der Waals surface area contributed by atoms with Gasteiger partial charge in [-0.05, 0) is 18.2 Å². The normalized spacial score (nSPS) is 12.5. The summed E-state index contributed by atoms with van der Waals surface area (Å²) in [4.78, 5) is 28.1. The molecular weight excluding hydrogens is 246 g/mol. The SMILES string of the molecule is O=C(c1ccccn1)N1Cc2c1cccc2[N+](=O)[O-]. The van der Waals surface area contributed by atoms with Crippen molar-refractivity contribution in [2.75, 3.05) is 4.90 Å². The Hall–Kier alpha value is -2.76. The number of amides is 1. The molecule has 2 aromatic rings. The molecule has 0 N–H and O–H groups in total. The maximum Gasteiger partial charge on any atom is 0.277 e. The van der Waals surface area contributed by atoms with Crippen LogP contribution in [0.15, 0.2) is 42.6 Å². The van der Waals surface area contributed by atoms with Crippen LogP contribution in [0.25, 0.3) is 0 Å². The van der Waals surface area contributed by atoms with Gasteiger partial charge in [0.15, 0.2) is 0 Å². The monoisotopic (exact) mass is 255 g/mol. The molecule has 94 valence electrons. The first-order chi connectivity index (χ1) is 9.18. The Morgan fingerprint density at radius 3 is 2.79 bits per heavy atom. The maximum absolute atomic E-state index is 12.2. The molecule has 1 amide bonds. The van der Waals surface area contributed by atoms with E-state index in [1.165, 1.54) is 11.0 Å². The molecule has 0 aliphatic carbocycles. The van der Waals surface area contributed by atoms with Crippen LogP contribution in [0.2, 0.25) is 0 Å². The van der Waals surface area contributed by atoms with Crippen molar-refractivity contribution in [3.05, 3.63) is 64.0 Å². The molecule has 1 aliphatic rings. The summed E-state index contributed by atoms with van der Waals surface area (Å²) in [5, 5.41) is 10.8. The van der Waals surface area contributed by atoms with Gasteiger partial charge in [0.05, 0.1) is 22.7 Å². The van der Waals surface area contributed by atoms with E-state index >= 15 is 0 Å². The second-order valence-electron chi connectivity index (χ2n) is 4.14. The van der Waals surface area contributed by atoms with Crippen LogP contribution in [0.3, 0.4) is 0 Å². The van der Waals surface area contributed by atoms with Crippen molar-refractivity contribution in [3.63, 3.8) is 0 Å². The molecule has 0 unspecified atom stereocenters.